The van der Waals surface area contributed by atoms with Crippen molar-refractivity contribution in [3.63, 3.8) is 0 Å². The van der Waals surface area contributed by atoms with Gasteiger partial charge in [-0.05, 0) is 47.2 Å². The van der Waals surface area contributed by atoms with Crippen LogP contribution >= 0.6 is 0 Å². The molecule has 0 fully saturated rings. The molecule has 0 radical (unpaired) electrons. The number of hydrogen-bond donors (Lipinski definition) is 1. The minimum atomic E-state index is -0.457. The highest BCUT2D eigenvalue weighted by Crippen LogP contribution is 2.33. The summed E-state index contributed by atoms with van der Waals surface area (Å²) in [4.78, 5) is 29.9. The van der Waals surface area contributed by atoms with E-state index in [1.54, 1.807) is 25.1 Å². The lowest BCUT2D eigenvalue weighted by molar-refractivity contribution is -0.144. The summed E-state index contributed by atoms with van der Waals surface area (Å²) in [6, 6.07) is 11.5. The average Bonchev–Trinajstić information content (AvgIpc) is 3.31. The maximum atomic E-state index is 13.5. The van der Waals surface area contributed by atoms with E-state index >= 15 is 0 Å². The summed E-state index contributed by atoms with van der Waals surface area (Å²) < 4.78 is 31.2. The van der Waals surface area contributed by atoms with Crippen molar-refractivity contribution in [3.8, 4) is 11.5 Å². The zero-order valence-corrected chi connectivity index (χ0v) is 20.1. The number of halogens is 1. The highest BCUT2D eigenvalue weighted by molar-refractivity contribution is 5.83. The van der Waals surface area contributed by atoms with Gasteiger partial charge in [-0.3, -0.25) is 14.5 Å². The monoisotopic (exact) mass is 508 g/mol. The van der Waals surface area contributed by atoms with Crippen LogP contribution in [0.5, 0.6) is 11.5 Å². The first kappa shape index (κ1) is 24.4. The van der Waals surface area contributed by atoms with Crippen molar-refractivity contribution >= 4 is 16.9 Å². The molecule has 0 unspecified atom stereocenters. The third-order valence-electron chi connectivity index (χ3n) is 5.85. The van der Waals surface area contributed by atoms with Crippen LogP contribution in [0.2, 0.25) is 0 Å². The van der Waals surface area contributed by atoms with Crippen molar-refractivity contribution in [2.75, 3.05) is 19.8 Å². The van der Waals surface area contributed by atoms with Gasteiger partial charge < -0.3 is 19.2 Å². The molecular formula is C25H25FN6O5. The summed E-state index contributed by atoms with van der Waals surface area (Å²) in [5, 5.41) is 12.5. The van der Waals surface area contributed by atoms with Gasteiger partial charge in [0, 0.05) is 30.1 Å². The van der Waals surface area contributed by atoms with Crippen molar-refractivity contribution in [2.45, 2.75) is 33.1 Å². The van der Waals surface area contributed by atoms with E-state index in [1.165, 1.54) is 16.8 Å². The lowest BCUT2D eigenvalue weighted by Gasteiger charge is -2.22. The second-order valence-electron chi connectivity index (χ2n) is 8.54. The molecule has 0 saturated heterocycles. The molecule has 0 atom stereocenters. The molecule has 0 aliphatic carbocycles. The Hall–Kier alpha value is -4.32. The van der Waals surface area contributed by atoms with Gasteiger partial charge in [0.05, 0.1) is 18.7 Å². The Balaban J connectivity index is 1.44. The van der Waals surface area contributed by atoms with Crippen LogP contribution in [0.15, 0.2) is 47.3 Å². The van der Waals surface area contributed by atoms with Crippen LogP contribution in [0.25, 0.3) is 10.9 Å². The van der Waals surface area contributed by atoms with Gasteiger partial charge in [0.1, 0.15) is 25.6 Å². The Labute approximate surface area is 210 Å². The number of hydrogen-bond acceptors (Lipinski definition) is 9. The smallest absolute Gasteiger partial charge is 0.327 e. The number of tetrazole rings is 1. The molecule has 0 spiro atoms. The third kappa shape index (κ3) is 5.75. The van der Waals surface area contributed by atoms with E-state index in [-0.39, 0.29) is 37.6 Å². The Kier molecular flexibility index (Phi) is 7.08. The Bertz CT molecular complexity index is 1470. The molecule has 2 aromatic carbocycles. The third-order valence-corrected chi connectivity index (χ3v) is 5.85. The SMILES string of the molecule is CCOC(=O)Cn1nnnc1CN(Cc1ccc(F)cc1)Cc1cc2cc3c(cc2[nH]c1=O)OCCO3. The van der Waals surface area contributed by atoms with Crippen molar-refractivity contribution in [3.05, 3.63) is 75.6 Å². The van der Waals surface area contributed by atoms with E-state index in [1.807, 2.05) is 17.0 Å². The average molecular weight is 509 g/mol. The normalized spacial score (nSPS) is 12.7. The molecule has 0 bridgehead atoms. The minimum Gasteiger partial charge on any atom is -0.486 e. The van der Waals surface area contributed by atoms with Gasteiger partial charge in [-0.25, -0.2) is 9.07 Å². The first-order valence-corrected chi connectivity index (χ1v) is 11.8. The van der Waals surface area contributed by atoms with Gasteiger partial charge >= 0.3 is 5.97 Å². The Morgan fingerprint density at radius 2 is 1.86 bits per heavy atom. The van der Waals surface area contributed by atoms with Crippen LogP contribution in [0.4, 0.5) is 4.39 Å². The predicted molar refractivity (Wildman–Crippen MR) is 129 cm³/mol. The van der Waals surface area contributed by atoms with Gasteiger partial charge in [0.15, 0.2) is 17.3 Å². The molecule has 12 heteroatoms. The Morgan fingerprint density at radius 3 is 2.62 bits per heavy atom. The second kappa shape index (κ2) is 10.7. The number of esters is 1. The summed E-state index contributed by atoms with van der Waals surface area (Å²) in [7, 11) is 0. The Morgan fingerprint density at radius 1 is 1.11 bits per heavy atom. The highest BCUT2D eigenvalue weighted by Gasteiger charge is 2.19. The number of carbonyl (C=O) groups is 1. The molecule has 1 N–H and O–H groups in total. The number of rotatable bonds is 9. The molecule has 192 valence electrons. The molecule has 3 heterocycles. The first-order valence-electron chi connectivity index (χ1n) is 11.8. The van der Waals surface area contributed by atoms with E-state index in [9.17, 15) is 14.0 Å². The van der Waals surface area contributed by atoms with E-state index in [0.717, 1.165) is 10.9 Å². The maximum Gasteiger partial charge on any atom is 0.327 e. The zero-order chi connectivity index (χ0) is 25.8. The van der Waals surface area contributed by atoms with Crippen molar-refractivity contribution in [2.24, 2.45) is 0 Å². The molecule has 11 nitrogen and oxygen atoms in total. The van der Waals surface area contributed by atoms with E-state index in [2.05, 4.69) is 20.5 Å². The van der Waals surface area contributed by atoms with Gasteiger partial charge in [-0.15, -0.1) is 5.10 Å². The van der Waals surface area contributed by atoms with Gasteiger partial charge in [0.2, 0.25) is 0 Å². The lowest BCUT2D eigenvalue weighted by atomic mass is 10.1. The molecule has 4 aromatic rings. The number of aromatic nitrogens is 5. The number of carbonyl (C=O) groups excluding carboxylic acids is 1. The zero-order valence-electron chi connectivity index (χ0n) is 20.1. The van der Waals surface area contributed by atoms with Crippen LogP contribution in [0, 0.1) is 5.82 Å². The molecule has 5 rings (SSSR count). The number of aromatic amines is 1. The summed E-state index contributed by atoms with van der Waals surface area (Å²) in [6.45, 7) is 3.59. The van der Waals surface area contributed by atoms with Crippen LogP contribution in [0.1, 0.15) is 23.9 Å². The number of benzene rings is 2. The fourth-order valence-corrected chi connectivity index (χ4v) is 4.15. The number of nitrogens with zero attached hydrogens (tertiary/aromatic N) is 5. The number of ether oxygens (including phenoxy) is 3. The standard InChI is InChI=1S/C25H25FN6O5/c1-2-35-24(33)15-32-23(28-29-30-32)14-31(12-16-3-5-19(26)6-4-16)13-18-9-17-10-21-22(37-8-7-36-21)11-20(17)27-25(18)34/h3-6,9-11H,2,7-8,12-15H2,1H3,(H,27,34). The van der Waals surface area contributed by atoms with E-state index < -0.39 is 5.97 Å². The van der Waals surface area contributed by atoms with Crippen LogP contribution in [0.3, 0.4) is 0 Å². The molecule has 37 heavy (non-hydrogen) atoms. The van der Waals surface area contributed by atoms with Gasteiger partial charge in [-0.1, -0.05) is 12.1 Å². The largest absolute Gasteiger partial charge is 0.486 e. The highest BCUT2D eigenvalue weighted by atomic mass is 19.1. The van der Waals surface area contributed by atoms with Crippen molar-refractivity contribution in [1.29, 1.82) is 0 Å². The second-order valence-corrected chi connectivity index (χ2v) is 8.54. The molecular weight excluding hydrogens is 483 g/mol. The molecule has 1 aliphatic heterocycles. The number of fused-ring (bicyclic) bond motifs is 2. The number of H-pyrrole nitrogens is 1. The molecule has 1 aliphatic rings. The fourth-order valence-electron chi connectivity index (χ4n) is 4.15. The van der Waals surface area contributed by atoms with Gasteiger partial charge in [0.25, 0.3) is 5.56 Å². The first-order chi connectivity index (χ1) is 18.0. The quantitative estimate of drug-likeness (QED) is 0.339. The molecule has 0 saturated carbocycles. The van der Waals surface area contributed by atoms with Crippen LogP contribution in [-0.2, 0) is 35.7 Å². The molecule has 0 amide bonds. The fraction of sp³-hybridized carbons (Fsp3) is 0.320. The minimum absolute atomic E-state index is 0.135. The predicted octanol–water partition coefficient (Wildman–Crippen LogP) is 2.19. The number of nitrogens with one attached hydrogen (secondary N) is 1. The summed E-state index contributed by atoms with van der Waals surface area (Å²) in [6.07, 6.45) is 0. The van der Waals surface area contributed by atoms with Gasteiger partial charge in [-0.2, -0.15) is 0 Å². The maximum absolute atomic E-state index is 13.5. The topological polar surface area (TPSA) is 124 Å². The van der Waals surface area contributed by atoms with E-state index in [4.69, 9.17) is 14.2 Å². The summed E-state index contributed by atoms with van der Waals surface area (Å²) >= 11 is 0. The molecule has 2 aromatic heterocycles. The van der Waals surface area contributed by atoms with Crippen LogP contribution in [-0.4, -0.2) is 55.9 Å². The summed E-state index contributed by atoms with van der Waals surface area (Å²) in [5.41, 5.74) is 1.74. The van der Waals surface area contributed by atoms with Crippen molar-refractivity contribution < 1.29 is 23.4 Å². The lowest BCUT2D eigenvalue weighted by Crippen LogP contribution is -2.28. The summed E-state index contributed by atoms with van der Waals surface area (Å²) in [5.74, 6) is 0.842. The van der Waals surface area contributed by atoms with E-state index in [0.29, 0.717) is 48.2 Å². The van der Waals surface area contributed by atoms with Crippen molar-refractivity contribution in [1.82, 2.24) is 30.1 Å². The number of pyridine rings is 1. The van der Waals surface area contributed by atoms with Crippen LogP contribution < -0.4 is 15.0 Å².